The van der Waals surface area contributed by atoms with Crippen LogP contribution in [0.4, 0.5) is 0 Å². The predicted octanol–water partition coefficient (Wildman–Crippen LogP) is 11.0. The lowest BCUT2D eigenvalue weighted by Gasteiger charge is -2.32. The Bertz CT molecular complexity index is 820. The second kappa shape index (κ2) is 14.5. The number of hydrogen-bond acceptors (Lipinski definition) is 0. The van der Waals surface area contributed by atoms with Crippen LogP contribution < -0.4 is 0 Å². The molecule has 2 fully saturated rings. The van der Waals surface area contributed by atoms with Crippen molar-refractivity contribution >= 4 is 11.6 Å². The number of aryl methyl sites for hydroxylation is 2. The quantitative estimate of drug-likeness (QED) is 0.258. The molecule has 0 nitrogen and oxygen atoms in total. The van der Waals surface area contributed by atoms with Gasteiger partial charge in [0.05, 0.1) is 0 Å². The van der Waals surface area contributed by atoms with Crippen LogP contribution in [0.15, 0.2) is 48.5 Å². The molecule has 0 radical (unpaired) electrons. The summed E-state index contributed by atoms with van der Waals surface area (Å²) in [4.78, 5) is 0. The summed E-state index contributed by atoms with van der Waals surface area (Å²) in [6.45, 7) is 2.32. The van der Waals surface area contributed by atoms with E-state index in [1.165, 1.54) is 107 Å². The second-order valence-corrected chi connectivity index (χ2v) is 12.3. The Balaban J connectivity index is 1.10. The Morgan fingerprint density at radius 1 is 0.571 bits per heavy atom. The van der Waals surface area contributed by atoms with Crippen LogP contribution in [0.3, 0.4) is 0 Å². The number of benzene rings is 2. The van der Waals surface area contributed by atoms with E-state index in [4.69, 9.17) is 11.6 Å². The molecule has 2 aliphatic carbocycles. The molecule has 2 aliphatic rings. The maximum atomic E-state index is 6.01. The van der Waals surface area contributed by atoms with Gasteiger partial charge in [-0.2, -0.15) is 0 Å². The maximum absolute atomic E-state index is 6.01. The number of rotatable bonds is 12. The molecule has 0 atom stereocenters. The van der Waals surface area contributed by atoms with Crippen molar-refractivity contribution in [3.05, 3.63) is 70.2 Å². The summed E-state index contributed by atoms with van der Waals surface area (Å²) < 4.78 is 0. The Morgan fingerprint density at radius 2 is 1.06 bits per heavy atom. The van der Waals surface area contributed by atoms with Crippen molar-refractivity contribution in [3.8, 4) is 0 Å². The van der Waals surface area contributed by atoms with Crippen molar-refractivity contribution < 1.29 is 0 Å². The highest BCUT2D eigenvalue weighted by Crippen LogP contribution is 2.40. The monoisotopic (exact) mass is 492 g/mol. The minimum Gasteiger partial charge on any atom is -0.0843 e. The van der Waals surface area contributed by atoms with Crippen LogP contribution in [0, 0.1) is 17.8 Å². The molecule has 0 saturated heterocycles. The molecule has 4 rings (SSSR count). The molecule has 2 saturated carbocycles. The van der Waals surface area contributed by atoms with E-state index in [-0.39, 0.29) is 0 Å². The minimum absolute atomic E-state index is 0.791. The predicted molar refractivity (Wildman–Crippen MR) is 153 cm³/mol. The van der Waals surface area contributed by atoms with E-state index in [0.29, 0.717) is 0 Å². The van der Waals surface area contributed by atoms with E-state index in [1.54, 1.807) is 5.56 Å². The first-order chi connectivity index (χ1) is 17.2. The second-order valence-electron chi connectivity index (χ2n) is 11.9. The molecule has 35 heavy (non-hydrogen) atoms. The van der Waals surface area contributed by atoms with E-state index in [0.717, 1.165) is 41.5 Å². The van der Waals surface area contributed by atoms with Gasteiger partial charge in [-0.15, -0.1) is 0 Å². The molecule has 192 valence electrons. The third kappa shape index (κ3) is 8.96. The molecule has 0 spiro atoms. The number of hydrogen-bond donors (Lipinski definition) is 0. The van der Waals surface area contributed by atoms with Gasteiger partial charge in [-0.25, -0.2) is 0 Å². The van der Waals surface area contributed by atoms with Crippen molar-refractivity contribution in [2.45, 2.75) is 122 Å². The van der Waals surface area contributed by atoms with Crippen molar-refractivity contribution in [1.82, 2.24) is 0 Å². The van der Waals surface area contributed by atoms with E-state index in [9.17, 15) is 0 Å². The van der Waals surface area contributed by atoms with E-state index in [2.05, 4.69) is 43.3 Å². The minimum atomic E-state index is 0.791. The van der Waals surface area contributed by atoms with Gasteiger partial charge in [-0.1, -0.05) is 126 Å². The summed E-state index contributed by atoms with van der Waals surface area (Å²) in [5, 5.41) is 0.823. The summed E-state index contributed by atoms with van der Waals surface area (Å²) in [7, 11) is 0. The van der Waals surface area contributed by atoms with Gasteiger partial charge in [0.25, 0.3) is 0 Å². The first-order valence-corrected chi connectivity index (χ1v) is 15.4. The van der Waals surface area contributed by atoms with Crippen LogP contribution in [0.5, 0.6) is 0 Å². The lowest BCUT2D eigenvalue weighted by atomic mass is 9.74. The van der Waals surface area contributed by atoms with Crippen LogP contribution in [0.1, 0.15) is 126 Å². The van der Waals surface area contributed by atoms with Crippen LogP contribution in [-0.4, -0.2) is 0 Å². The van der Waals surface area contributed by atoms with Crippen LogP contribution in [0.2, 0.25) is 5.02 Å². The van der Waals surface area contributed by atoms with Crippen LogP contribution in [0.25, 0.3) is 0 Å². The van der Waals surface area contributed by atoms with Crippen molar-refractivity contribution in [1.29, 1.82) is 0 Å². The highest BCUT2D eigenvalue weighted by atomic mass is 35.5. The standard InChI is InChI=1S/C34H49Cl/c1-2-3-4-5-6-27-7-9-28(10-8-27)11-12-29-15-21-32(22-16-29)33-23-17-30(18-24-33)13-14-31-19-25-34(35)26-20-31/h17-20,23-29,32H,2-16,21-22H2,1H3/t27-,28-,29?,32?. The normalized spacial score (nSPS) is 25.0. The first-order valence-electron chi connectivity index (χ1n) is 15.0. The highest BCUT2D eigenvalue weighted by molar-refractivity contribution is 6.30. The van der Waals surface area contributed by atoms with Gasteiger partial charge in [0.1, 0.15) is 0 Å². The Labute approximate surface area is 221 Å². The van der Waals surface area contributed by atoms with E-state index in [1.807, 2.05) is 12.1 Å². The summed E-state index contributed by atoms with van der Waals surface area (Å²) >= 11 is 6.01. The topological polar surface area (TPSA) is 0 Å². The zero-order chi connectivity index (χ0) is 24.3. The maximum Gasteiger partial charge on any atom is 0.0406 e. The zero-order valence-electron chi connectivity index (χ0n) is 22.3. The van der Waals surface area contributed by atoms with Gasteiger partial charge < -0.3 is 0 Å². The molecule has 1 heteroatoms. The summed E-state index contributed by atoms with van der Waals surface area (Å²) in [6.07, 6.45) is 24.3. The van der Waals surface area contributed by atoms with Gasteiger partial charge in [0.15, 0.2) is 0 Å². The molecule has 0 amide bonds. The molecule has 0 N–H and O–H groups in total. The van der Waals surface area contributed by atoms with Crippen molar-refractivity contribution in [2.75, 3.05) is 0 Å². The smallest absolute Gasteiger partial charge is 0.0406 e. The Morgan fingerprint density at radius 3 is 1.60 bits per heavy atom. The van der Waals surface area contributed by atoms with Gasteiger partial charge in [-0.3, -0.25) is 0 Å². The Kier molecular flexibility index (Phi) is 11.1. The summed E-state index contributed by atoms with van der Waals surface area (Å²) in [6, 6.07) is 17.9. The van der Waals surface area contributed by atoms with Gasteiger partial charge >= 0.3 is 0 Å². The zero-order valence-corrected chi connectivity index (χ0v) is 23.1. The molecule has 2 aromatic carbocycles. The van der Waals surface area contributed by atoms with Gasteiger partial charge in [0, 0.05) is 5.02 Å². The molecule has 0 aromatic heterocycles. The van der Waals surface area contributed by atoms with Crippen LogP contribution in [-0.2, 0) is 12.8 Å². The first kappa shape index (κ1) is 26.8. The average molecular weight is 493 g/mol. The van der Waals surface area contributed by atoms with Gasteiger partial charge in [0.2, 0.25) is 0 Å². The van der Waals surface area contributed by atoms with Crippen molar-refractivity contribution in [2.24, 2.45) is 17.8 Å². The van der Waals surface area contributed by atoms with E-state index < -0.39 is 0 Å². The summed E-state index contributed by atoms with van der Waals surface area (Å²) in [5.41, 5.74) is 4.40. The average Bonchev–Trinajstić information content (AvgIpc) is 2.91. The third-order valence-electron chi connectivity index (χ3n) is 9.33. The van der Waals surface area contributed by atoms with Crippen molar-refractivity contribution in [3.63, 3.8) is 0 Å². The van der Waals surface area contributed by atoms with Crippen LogP contribution >= 0.6 is 11.6 Å². The van der Waals surface area contributed by atoms with Gasteiger partial charge in [-0.05, 0) is 91.0 Å². The summed E-state index contributed by atoms with van der Waals surface area (Å²) in [5.74, 6) is 3.89. The molecule has 0 aliphatic heterocycles. The fraction of sp³-hybridized carbons (Fsp3) is 0.647. The third-order valence-corrected chi connectivity index (χ3v) is 9.58. The Hall–Kier alpha value is -1.27. The SMILES string of the molecule is CCCCCC[C@H]1CC[C@H](CCC2CCC(c3ccc(CCc4ccc(Cl)cc4)cc3)CC2)CC1. The highest BCUT2D eigenvalue weighted by Gasteiger charge is 2.25. The molecular formula is C34H49Cl. The lowest BCUT2D eigenvalue weighted by Crippen LogP contribution is -2.18. The number of unbranched alkanes of at least 4 members (excludes halogenated alkanes) is 3. The largest absolute Gasteiger partial charge is 0.0843 e. The fourth-order valence-electron chi connectivity index (χ4n) is 6.82. The molecule has 0 bridgehead atoms. The molecule has 0 heterocycles. The number of halogens is 1. The molecule has 0 unspecified atom stereocenters. The lowest BCUT2D eigenvalue weighted by molar-refractivity contribution is 0.222. The van der Waals surface area contributed by atoms with E-state index >= 15 is 0 Å². The fourth-order valence-corrected chi connectivity index (χ4v) is 6.95. The molecule has 2 aromatic rings. The molecular weight excluding hydrogens is 444 g/mol.